The summed E-state index contributed by atoms with van der Waals surface area (Å²) in [5.74, 6) is -3.14. The molecule has 0 saturated heterocycles. The van der Waals surface area contributed by atoms with E-state index >= 15 is 0 Å². The van der Waals surface area contributed by atoms with E-state index in [9.17, 15) is 18.8 Å². The predicted molar refractivity (Wildman–Crippen MR) is 73.8 cm³/mol. The molecule has 0 N–H and O–H groups in total. The Morgan fingerprint density at radius 3 is 2.18 bits per heavy atom. The van der Waals surface area contributed by atoms with Gasteiger partial charge >= 0.3 is 5.97 Å². The topological polar surface area (TPSA) is 63.7 Å². The Bertz CT molecular complexity index is 786. The summed E-state index contributed by atoms with van der Waals surface area (Å²) in [6.07, 6.45) is 0. The highest BCUT2D eigenvalue weighted by Gasteiger charge is 2.39. The van der Waals surface area contributed by atoms with Gasteiger partial charge in [0, 0.05) is 0 Å². The van der Waals surface area contributed by atoms with Crippen molar-refractivity contribution in [2.75, 3.05) is 0 Å². The minimum atomic E-state index is -1.03. The van der Waals surface area contributed by atoms with Gasteiger partial charge in [-0.2, -0.15) is 0 Å². The van der Waals surface area contributed by atoms with Crippen LogP contribution in [0.3, 0.4) is 0 Å². The molecule has 0 atom stereocenters. The molecule has 0 aliphatic carbocycles. The number of hydrogen-bond donors (Lipinski definition) is 0. The standard InChI is InChI=1S/C15H7ClFNO4/c16-12-7-8(17)5-6-11(12)15(21)22-18-13(19)9-3-1-2-4-10(9)14(18)20/h1-7H. The molecule has 2 aromatic rings. The zero-order valence-corrected chi connectivity index (χ0v) is 11.6. The second-order valence-electron chi connectivity index (χ2n) is 4.45. The van der Waals surface area contributed by atoms with Crippen LogP contribution in [-0.2, 0) is 4.84 Å². The van der Waals surface area contributed by atoms with E-state index < -0.39 is 23.6 Å². The van der Waals surface area contributed by atoms with Crippen molar-refractivity contribution in [2.24, 2.45) is 0 Å². The number of imide groups is 1. The first kappa shape index (κ1) is 14.2. The normalized spacial score (nSPS) is 13.3. The maximum atomic E-state index is 13.0. The summed E-state index contributed by atoms with van der Waals surface area (Å²) >= 11 is 5.74. The van der Waals surface area contributed by atoms with Crippen molar-refractivity contribution in [3.63, 3.8) is 0 Å². The van der Waals surface area contributed by atoms with Crippen LogP contribution < -0.4 is 0 Å². The number of hydroxylamine groups is 2. The maximum Gasteiger partial charge on any atom is 0.365 e. The molecule has 22 heavy (non-hydrogen) atoms. The molecule has 0 radical (unpaired) electrons. The monoisotopic (exact) mass is 319 g/mol. The predicted octanol–water partition coefficient (Wildman–Crippen LogP) is 2.85. The van der Waals surface area contributed by atoms with Crippen LogP contribution in [-0.4, -0.2) is 22.8 Å². The van der Waals surface area contributed by atoms with Gasteiger partial charge in [-0.25, -0.2) is 9.18 Å². The first-order valence-electron chi connectivity index (χ1n) is 6.14. The molecule has 2 aromatic carbocycles. The van der Waals surface area contributed by atoms with Crippen molar-refractivity contribution < 1.29 is 23.6 Å². The van der Waals surface area contributed by atoms with Gasteiger partial charge in [-0.1, -0.05) is 28.8 Å². The molecule has 0 saturated carbocycles. The zero-order valence-electron chi connectivity index (χ0n) is 10.9. The molecule has 0 unspecified atom stereocenters. The Kier molecular flexibility index (Phi) is 3.38. The van der Waals surface area contributed by atoms with E-state index in [4.69, 9.17) is 16.4 Å². The van der Waals surface area contributed by atoms with Crippen molar-refractivity contribution in [2.45, 2.75) is 0 Å². The van der Waals surface area contributed by atoms with Crippen LogP contribution in [0.4, 0.5) is 4.39 Å². The second kappa shape index (κ2) is 5.23. The molecule has 1 heterocycles. The highest BCUT2D eigenvalue weighted by Crippen LogP contribution is 2.24. The first-order chi connectivity index (χ1) is 10.5. The molecule has 7 heteroatoms. The summed E-state index contributed by atoms with van der Waals surface area (Å²) in [5.41, 5.74) is 0.135. The van der Waals surface area contributed by atoms with Crippen LogP contribution in [0.5, 0.6) is 0 Å². The lowest BCUT2D eigenvalue weighted by atomic mass is 10.1. The quantitative estimate of drug-likeness (QED) is 0.798. The summed E-state index contributed by atoms with van der Waals surface area (Å²) in [5, 5.41) is 0.189. The molecule has 5 nitrogen and oxygen atoms in total. The Morgan fingerprint density at radius 1 is 1.05 bits per heavy atom. The third-order valence-electron chi connectivity index (χ3n) is 3.08. The zero-order chi connectivity index (χ0) is 15.9. The molecular formula is C15H7ClFNO4. The Labute approximate surface area is 128 Å². The lowest BCUT2D eigenvalue weighted by molar-refractivity contribution is -0.0584. The van der Waals surface area contributed by atoms with Crippen molar-refractivity contribution in [1.29, 1.82) is 0 Å². The highest BCUT2D eigenvalue weighted by molar-refractivity contribution is 6.33. The van der Waals surface area contributed by atoms with Crippen LogP contribution in [0, 0.1) is 5.82 Å². The molecule has 1 aliphatic heterocycles. The van der Waals surface area contributed by atoms with Gasteiger partial charge in [-0.05, 0) is 30.3 Å². The van der Waals surface area contributed by atoms with Crippen molar-refractivity contribution >= 4 is 29.4 Å². The number of amides is 2. The van der Waals surface area contributed by atoms with Gasteiger partial charge in [-0.3, -0.25) is 9.59 Å². The van der Waals surface area contributed by atoms with Crippen LogP contribution in [0.2, 0.25) is 5.02 Å². The van der Waals surface area contributed by atoms with E-state index in [1.165, 1.54) is 12.1 Å². The summed E-state index contributed by atoms with van der Waals surface area (Å²) < 4.78 is 13.0. The number of fused-ring (bicyclic) bond motifs is 1. The Balaban J connectivity index is 1.87. The largest absolute Gasteiger partial charge is 0.365 e. The SMILES string of the molecule is O=C(ON1C(=O)c2ccccc2C1=O)c1ccc(F)cc1Cl. The van der Waals surface area contributed by atoms with E-state index in [2.05, 4.69) is 0 Å². The summed E-state index contributed by atoms with van der Waals surface area (Å²) in [4.78, 5) is 40.9. The molecule has 0 fully saturated rings. The smallest absolute Gasteiger partial charge is 0.324 e. The Hall–Kier alpha value is -2.73. The fourth-order valence-electron chi connectivity index (χ4n) is 2.04. The first-order valence-corrected chi connectivity index (χ1v) is 6.52. The van der Waals surface area contributed by atoms with Gasteiger partial charge in [0.05, 0.1) is 21.7 Å². The number of carbonyl (C=O) groups excluding carboxylic acids is 3. The summed E-state index contributed by atoms with van der Waals surface area (Å²) in [7, 11) is 0. The number of benzene rings is 2. The number of carbonyl (C=O) groups is 3. The van der Waals surface area contributed by atoms with Gasteiger partial charge in [0.15, 0.2) is 0 Å². The van der Waals surface area contributed by atoms with Crippen LogP contribution >= 0.6 is 11.6 Å². The third kappa shape index (κ3) is 2.23. The number of hydrogen-bond acceptors (Lipinski definition) is 4. The minimum Gasteiger partial charge on any atom is -0.324 e. The number of halogens is 2. The maximum absolute atomic E-state index is 13.0. The van der Waals surface area contributed by atoms with E-state index in [0.29, 0.717) is 5.06 Å². The van der Waals surface area contributed by atoms with Crippen LogP contribution in [0.1, 0.15) is 31.1 Å². The van der Waals surface area contributed by atoms with Gasteiger partial charge in [0.1, 0.15) is 5.82 Å². The molecule has 110 valence electrons. The van der Waals surface area contributed by atoms with Gasteiger partial charge in [-0.15, -0.1) is 0 Å². The fraction of sp³-hybridized carbons (Fsp3) is 0. The van der Waals surface area contributed by atoms with E-state index in [-0.39, 0.29) is 21.7 Å². The summed E-state index contributed by atoms with van der Waals surface area (Å²) in [6, 6.07) is 9.14. The molecule has 3 rings (SSSR count). The highest BCUT2D eigenvalue weighted by atomic mass is 35.5. The molecule has 0 aromatic heterocycles. The van der Waals surface area contributed by atoms with E-state index in [1.54, 1.807) is 12.1 Å². The van der Waals surface area contributed by atoms with Gasteiger partial charge in [0.25, 0.3) is 11.8 Å². The fourth-order valence-corrected chi connectivity index (χ4v) is 2.28. The molecule has 0 spiro atoms. The average Bonchev–Trinajstić information content (AvgIpc) is 2.73. The lowest BCUT2D eigenvalue weighted by Gasteiger charge is -2.13. The average molecular weight is 320 g/mol. The van der Waals surface area contributed by atoms with Crippen molar-refractivity contribution in [3.05, 3.63) is 70.0 Å². The van der Waals surface area contributed by atoms with Crippen molar-refractivity contribution in [3.8, 4) is 0 Å². The minimum absolute atomic E-state index is 0.144. The number of rotatable bonds is 2. The van der Waals surface area contributed by atoms with Gasteiger partial charge < -0.3 is 4.84 Å². The Morgan fingerprint density at radius 2 is 1.64 bits per heavy atom. The van der Waals surface area contributed by atoms with Crippen LogP contribution in [0.15, 0.2) is 42.5 Å². The number of nitrogens with zero attached hydrogens (tertiary/aromatic N) is 1. The second-order valence-corrected chi connectivity index (χ2v) is 4.86. The summed E-state index contributed by atoms with van der Waals surface area (Å²) in [6.45, 7) is 0. The molecule has 1 aliphatic rings. The van der Waals surface area contributed by atoms with Crippen LogP contribution in [0.25, 0.3) is 0 Å². The molecule has 0 bridgehead atoms. The van der Waals surface area contributed by atoms with E-state index in [1.807, 2.05) is 0 Å². The third-order valence-corrected chi connectivity index (χ3v) is 3.39. The molecule has 2 amide bonds. The van der Waals surface area contributed by atoms with E-state index in [0.717, 1.165) is 18.2 Å². The lowest BCUT2D eigenvalue weighted by Crippen LogP contribution is -2.32. The molecular weight excluding hydrogens is 313 g/mol. The van der Waals surface area contributed by atoms with Gasteiger partial charge in [0.2, 0.25) is 0 Å². The van der Waals surface area contributed by atoms with Crippen molar-refractivity contribution in [1.82, 2.24) is 5.06 Å².